The van der Waals surface area contributed by atoms with Gasteiger partial charge >= 0.3 is 0 Å². The molecule has 4 nitrogen and oxygen atoms in total. The van der Waals surface area contributed by atoms with Crippen molar-refractivity contribution >= 4 is 11.8 Å². The van der Waals surface area contributed by atoms with Crippen molar-refractivity contribution in [1.29, 1.82) is 0 Å². The fraction of sp³-hybridized carbons (Fsp3) is 0.250. The van der Waals surface area contributed by atoms with Crippen LogP contribution in [-0.4, -0.2) is 24.9 Å². The van der Waals surface area contributed by atoms with Gasteiger partial charge in [0, 0.05) is 15.9 Å². The van der Waals surface area contributed by atoms with E-state index in [-0.39, 0.29) is 14.7 Å². The SMILES string of the molecule is C=CC(=O)NCCNC(=O)C=C.[HH].[HH]. The van der Waals surface area contributed by atoms with Crippen molar-refractivity contribution in [2.75, 3.05) is 13.1 Å². The lowest BCUT2D eigenvalue weighted by Gasteiger charge is -2.01. The largest absolute Gasteiger partial charge is 0.351 e. The molecule has 2 amide bonds. The number of hydrogen-bond donors (Lipinski definition) is 2. The highest BCUT2D eigenvalue weighted by Gasteiger charge is 1.93. The van der Waals surface area contributed by atoms with Gasteiger partial charge in [-0.25, -0.2) is 0 Å². The van der Waals surface area contributed by atoms with E-state index in [2.05, 4.69) is 23.8 Å². The van der Waals surface area contributed by atoms with Crippen LogP contribution in [0.15, 0.2) is 25.3 Å². The van der Waals surface area contributed by atoms with E-state index in [0.29, 0.717) is 13.1 Å². The molecule has 0 aliphatic carbocycles. The first kappa shape index (κ1) is 10.4. The van der Waals surface area contributed by atoms with E-state index in [1.165, 1.54) is 12.2 Å². The summed E-state index contributed by atoms with van der Waals surface area (Å²) < 4.78 is 0. The quantitative estimate of drug-likeness (QED) is 0.456. The molecule has 0 saturated carbocycles. The maximum Gasteiger partial charge on any atom is 0.243 e. The van der Waals surface area contributed by atoms with E-state index in [4.69, 9.17) is 0 Å². The number of amides is 2. The Balaban J connectivity index is -0.000000605. The zero-order valence-electron chi connectivity index (χ0n) is 6.80. The number of carbonyl (C=O) groups excluding carboxylic acids is 2. The Morgan fingerprint density at radius 3 is 1.67 bits per heavy atom. The van der Waals surface area contributed by atoms with Crippen LogP contribution in [0, 0.1) is 0 Å². The molecular formula is C8H16N2O2. The van der Waals surface area contributed by atoms with Crippen LogP contribution in [0.25, 0.3) is 0 Å². The number of carbonyl (C=O) groups is 2. The molecule has 0 aromatic carbocycles. The third-order valence-corrected chi connectivity index (χ3v) is 1.09. The number of rotatable bonds is 5. The van der Waals surface area contributed by atoms with Gasteiger partial charge in [0.1, 0.15) is 0 Å². The van der Waals surface area contributed by atoms with Crippen LogP contribution in [0.2, 0.25) is 0 Å². The molecule has 0 rings (SSSR count). The summed E-state index contributed by atoms with van der Waals surface area (Å²) in [7, 11) is 0. The zero-order chi connectivity index (χ0) is 9.40. The van der Waals surface area contributed by atoms with Crippen LogP contribution in [0.5, 0.6) is 0 Å². The maximum absolute atomic E-state index is 10.6. The molecule has 0 unspecified atom stereocenters. The lowest BCUT2D eigenvalue weighted by molar-refractivity contribution is -0.118. The highest BCUT2D eigenvalue weighted by Crippen LogP contribution is 1.67. The van der Waals surface area contributed by atoms with Gasteiger partial charge in [0.25, 0.3) is 0 Å². The minimum atomic E-state index is -0.247. The molecule has 0 aliphatic rings. The Bertz CT molecular complexity index is 186. The van der Waals surface area contributed by atoms with Crippen molar-refractivity contribution in [3.8, 4) is 0 Å². The summed E-state index contributed by atoms with van der Waals surface area (Å²) in [6.07, 6.45) is 2.35. The lowest BCUT2D eigenvalue weighted by atomic mass is 10.5. The molecule has 12 heavy (non-hydrogen) atoms. The number of hydrogen-bond acceptors (Lipinski definition) is 2. The Morgan fingerprint density at radius 2 is 1.42 bits per heavy atom. The molecular weight excluding hydrogens is 156 g/mol. The highest BCUT2D eigenvalue weighted by atomic mass is 16.2. The van der Waals surface area contributed by atoms with Gasteiger partial charge in [-0.15, -0.1) is 0 Å². The maximum atomic E-state index is 10.6. The minimum absolute atomic E-state index is 0. The highest BCUT2D eigenvalue weighted by molar-refractivity contribution is 5.87. The molecule has 0 aromatic heterocycles. The Morgan fingerprint density at radius 1 is 1.08 bits per heavy atom. The van der Waals surface area contributed by atoms with Crippen LogP contribution in [0.4, 0.5) is 0 Å². The summed E-state index contributed by atoms with van der Waals surface area (Å²) >= 11 is 0. The van der Waals surface area contributed by atoms with Gasteiger partial charge in [0.2, 0.25) is 11.8 Å². The van der Waals surface area contributed by atoms with E-state index in [1.807, 2.05) is 0 Å². The predicted molar refractivity (Wildman–Crippen MR) is 50.6 cm³/mol. The van der Waals surface area contributed by atoms with Crippen molar-refractivity contribution in [2.45, 2.75) is 0 Å². The summed E-state index contributed by atoms with van der Waals surface area (Å²) in [5.74, 6) is -0.495. The van der Waals surface area contributed by atoms with Gasteiger partial charge in [-0.2, -0.15) is 0 Å². The Hall–Kier alpha value is -1.58. The fourth-order valence-corrected chi connectivity index (χ4v) is 0.516. The Labute approximate surface area is 74.3 Å². The standard InChI is InChI=1S/C8H12N2O2.2H2/c1-3-7(11)9-5-6-10-8(12)4-2;;/h3-4H,1-2,5-6H2,(H,9,11)(H,10,12);2*1H. The number of nitrogens with one attached hydrogen (secondary N) is 2. The fourth-order valence-electron chi connectivity index (χ4n) is 0.516. The van der Waals surface area contributed by atoms with Crippen molar-refractivity contribution in [3.05, 3.63) is 25.3 Å². The van der Waals surface area contributed by atoms with E-state index >= 15 is 0 Å². The molecule has 0 fully saturated rings. The summed E-state index contributed by atoms with van der Waals surface area (Å²) in [6.45, 7) is 7.34. The van der Waals surface area contributed by atoms with Crippen molar-refractivity contribution in [2.24, 2.45) is 0 Å². The van der Waals surface area contributed by atoms with Gasteiger partial charge in [0.05, 0.1) is 0 Å². The molecule has 0 atom stereocenters. The van der Waals surface area contributed by atoms with Crippen molar-refractivity contribution in [1.82, 2.24) is 10.6 Å². The summed E-state index contributed by atoms with van der Waals surface area (Å²) in [4.78, 5) is 21.1. The molecule has 0 aliphatic heterocycles. The second-order valence-corrected chi connectivity index (χ2v) is 1.99. The lowest BCUT2D eigenvalue weighted by Crippen LogP contribution is -2.32. The predicted octanol–water partition coefficient (Wildman–Crippen LogP) is 0.0828. The van der Waals surface area contributed by atoms with Gasteiger partial charge < -0.3 is 10.6 Å². The summed E-state index contributed by atoms with van der Waals surface area (Å²) in [5.41, 5.74) is 0. The van der Waals surface area contributed by atoms with Crippen LogP contribution >= 0.6 is 0 Å². The average Bonchev–Trinajstić information content (AvgIpc) is 2.11. The van der Waals surface area contributed by atoms with E-state index < -0.39 is 0 Å². The monoisotopic (exact) mass is 172 g/mol. The second kappa shape index (κ2) is 6.15. The van der Waals surface area contributed by atoms with Crippen molar-refractivity contribution < 1.29 is 12.4 Å². The first-order valence-corrected chi connectivity index (χ1v) is 3.51. The second-order valence-electron chi connectivity index (χ2n) is 1.99. The van der Waals surface area contributed by atoms with Gasteiger partial charge in [-0.3, -0.25) is 9.59 Å². The first-order valence-electron chi connectivity index (χ1n) is 3.51. The summed E-state index contributed by atoms with van der Waals surface area (Å²) in [5, 5.41) is 5.01. The molecule has 0 bridgehead atoms. The topological polar surface area (TPSA) is 58.2 Å². The molecule has 0 aromatic rings. The normalized spacial score (nSPS) is 8.33. The molecule has 0 radical (unpaired) electrons. The van der Waals surface area contributed by atoms with E-state index in [0.717, 1.165) is 0 Å². The molecule has 4 heteroatoms. The molecule has 0 heterocycles. The van der Waals surface area contributed by atoms with Gasteiger partial charge in [0.15, 0.2) is 0 Å². The van der Waals surface area contributed by atoms with Crippen LogP contribution in [-0.2, 0) is 9.59 Å². The Kier molecular flexibility index (Phi) is 5.34. The smallest absolute Gasteiger partial charge is 0.243 e. The van der Waals surface area contributed by atoms with Gasteiger partial charge in [-0.05, 0) is 12.2 Å². The zero-order valence-corrected chi connectivity index (χ0v) is 6.80. The van der Waals surface area contributed by atoms with Gasteiger partial charge in [-0.1, -0.05) is 13.2 Å². The third kappa shape index (κ3) is 5.22. The molecule has 70 valence electrons. The van der Waals surface area contributed by atoms with Crippen LogP contribution < -0.4 is 10.6 Å². The third-order valence-electron chi connectivity index (χ3n) is 1.09. The molecule has 0 spiro atoms. The molecule has 0 saturated heterocycles. The molecule has 2 N–H and O–H groups in total. The minimum Gasteiger partial charge on any atom is -0.351 e. The average molecular weight is 172 g/mol. The van der Waals surface area contributed by atoms with Crippen LogP contribution in [0.1, 0.15) is 2.85 Å². The van der Waals surface area contributed by atoms with Crippen LogP contribution in [0.3, 0.4) is 0 Å². The van der Waals surface area contributed by atoms with Crippen molar-refractivity contribution in [3.63, 3.8) is 0 Å². The van der Waals surface area contributed by atoms with E-state index in [9.17, 15) is 9.59 Å². The summed E-state index contributed by atoms with van der Waals surface area (Å²) in [6, 6.07) is 0. The first-order chi connectivity index (χ1) is 5.70. The van der Waals surface area contributed by atoms with E-state index in [1.54, 1.807) is 0 Å².